The van der Waals surface area contributed by atoms with Crippen molar-refractivity contribution in [1.82, 2.24) is 14.9 Å². The normalized spacial score (nSPS) is 17.1. The Labute approximate surface area is 167 Å². The summed E-state index contributed by atoms with van der Waals surface area (Å²) in [5.41, 5.74) is 0.837. The maximum absolute atomic E-state index is 13.1. The van der Waals surface area contributed by atoms with Crippen LogP contribution in [-0.4, -0.2) is 50.5 Å². The lowest BCUT2D eigenvalue weighted by Gasteiger charge is -2.22. The monoisotopic (exact) mass is 421 g/mol. The molecule has 0 saturated carbocycles. The van der Waals surface area contributed by atoms with Crippen LogP contribution in [0.25, 0.3) is 0 Å². The molecule has 0 aliphatic carbocycles. The number of nitrogens with one attached hydrogen (secondary N) is 2. The number of carbonyl (C=O) groups excluding carboxylic acids is 2. The van der Waals surface area contributed by atoms with Gasteiger partial charge in [0.15, 0.2) is 0 Å². The molecular formula is C19H20FN3O5S. The van der Waals surface area contributed by atoms with E-state index in [4.69, 9.17) is 4.74 Å². The number of hydrogen-bond donors (Lipinski definition) is 2. The minimum Gasteiger partial charge on any atom is -0.359 e. The van der Waals surface area contributed by atoms with Crippen molar-refractivity contribution in [3.05, 3.63) is 66.0 Å². The van der Waals surface area contributed by atoms with Crippen LogP contribution in [0, 0.1) is 5.82 Å². The molecule has 1 aliphatic rings. The molecule has 1 heterocycles. The number of halogens is 1. The molecule has 10 heteroatoms. The van der Waals surface area contributed by atoms with Crippen LogP contribution >= 0.6 is 0 Å². The first-order valence-electron chi connectivity index (χ1n) is 8.87. The third-order valence-corrected chi connectivity index (χ3v) is 6.21. The highest BCUT2D eigenvalue weighted by Crippen LogP contribution is 2.22. The van der Waals surface area contributed by atoms with Crippen LogP contribution in [0.5, 0.6) is 0 Å². The van der Waals surface area contributed by atoms with E-state index in [0.717, 1.165) is 34.1 Å². The molecule has 0 spiro atoms. The number of hydrogen-bond acceptors (Lipinski definition) is 5. The maximum Gasteiger partial charge on any atom is 0.309 e. The zero-order valence-electron chi connectivity index (χ0n) is 15.4. The summed E-state index contributed by atoms with van der Waals surface area (Å²) in [5, 5.41) is 4.87. The molecule has 2 amide bonds. The summed E-state index contributed by atoms with van der Waals surface area (Å²) in [6, 6.07) is 13.5. The topological polar surface area (TPSA) is 105 Å². The standard InChI is InChI=1S/C19H20FN3O5S/c20-15-6-8-16(9-7-15)29(26,27)23-10-11-28-17(23)13-22-19(25)18(24)21-12-14-4-2-1-3-5-14/h1-9,17H,10-13H2,(H,21,24)(H,22,25). The van der Waals surface area contributed by atoms with Gasteiger partial charge in [0, 0.05) is 13.1 Å². The average molecular weight is 421 g/mol. The Balaban J connectivity index is 1.55. The Bertz CT molecular complexity index is 967. The van der Waals surface area contributed by atoms with Crippen molar-refractivity contribution in [2.75, 3.05) is 19.7 Å². The van der Waals surface area contributed by atoms with Crippen molar-refractivity contribution >= 4 is 21.8 Å². The summed E-state index contributed by atoms with van der Waals surface area (Å²) in [6.45, 7) is 0.220. The molecule has 0 bridgehead atoms. The van der Waals surface area contributed by atoms with Crippen LogP contribution in [0.1, 0.15) is 5.56 Å². The number of ether oxygens (including phenoxy) is 1. The van der Waals surface area contributed by atoms with E-state index in [-0.39, 0.29) is 31.1 Å². The molecule has 2 aromatic rings. The first kappa shape index (κ1) is 20.9. The molecule has 0 radical (unpaired) electrons. The molecule has 1 saturated heterocycles. The van der Waals surface area contributed by atoms with E-state index >= 15 is 0 Å². The molecule has 2 aromatic carbocycles. The highest BCUT2D eigenvalue weighted by atomic mass is 32.2. The lowest BCUT2D eigenvalue weighted by molar-refractivity contribution is -0.139. The van der Waals surface area contributed by atoms with E-state index in [1.807, 2.05) is 30.3 Å². The van der Waals surface area contributed by atoms with Crippen molar-refractivity contribution in [2.45, 2.75) is 17.7 Å². The van der Waals surface area contributed by atoms with Crippen LogP contribution in [0.3, 0.4) is 0 Å². The van der Waals surface area contributed by atoms with Crippen molar-refractivity contribution in [3.63, 3.8) is 0 Å². The zero-order valence-corrected chi connectivity index (χ0v) is 16.2. The van der Waals surface area contributed by atoms with Crippen LogP contribution in [0.4, 0.5) is 4.39 Å². The molecule has 1 fully saturated rings. The average Bonchev–Trinajstić information content (AvgIpc) is 3.21. The van der Waals surface area contributed by atoms with E-state index in [1.54, 1.807) is 0 Å². The quantitative estimate of drug-likeness (QED) is 0.665. The smallest absolute Gasteiger partial charge is 0.309 e. The van der Waals surface area contributed by atoms with Gasteiger partial charge in [-0.15, -0.1) is 0 Å². The van der Waals surface area contributed by atoms with Gasteiger partial charge in [0.25, 0.3) is 0 Å². The Hall–Kier alpha value is -2.82. The Morgan fingerprint density at radius 3 is 2.38 bits per heavy atom. The van der Waals surface area contributed by atoms with E-state index in [0.29, 0.717) is 0 Å². The largest absolute Gasteiger partial charge is 0.359 e. The number of amides is 2. The van der Waals surface area contributed by atoms with E-state index in [1.165, 1.54) is 0 Å². The van der Waals surface area contributed by atoms with Crippen molar-refractivity contribution in [3.8, 4) is 0 Å². The second-order valence-electron chi connectivity index (χ2n) is 6.27. The Kier molecular flexibility index (Phi) is 6.57. The molecule has 0 aromatic heterocycles. The van der Waals surface area contributed by atoms with Crippen molar-refractivity contribution in [2.24, 2.45) is 0 Å². The molecule has 8 nitrogen and oxygen atoms in total. The number of carbonyl (C=O) groups is 2. The summed E-state index contributed by atoms with van der Waals surface area (Å²) in [7, 11) is -3.93. The van der Waals surface area contributed by atoms with Gasteiger partial charge in [0.2, 0.25) is 10.0 Å². The van der Waals surface area contributed by atoms with E-state index in [9.17, 15) is 22.4 Å². The third-order valence-electron chi connectivity index (χ3n) is 4.30. The summed E-state index contributed by atoms with van der Waals surface area (Å²) in [4.78, 5) is 23.8. The van der Waals surface area contributed by atoms with Gasteiger partial charge in [0.05, 0.1) is 18.0 Å². The minimum absolute atomic E-state index is 0.0821. The second-order valence-corrected chi connectivity index (χ2v) is 8.16. The van der Waals surface area contributed by atoms with Gasteiger partial charge < -0.3 is 15.4 Å². The molecule has 3 rings (SSSR count). The molecule has 1 unspecified atom stereocenters. The molecule has 2 N–H and O–H groups in total. The lowest BCUT2D eigenvalue weighted by Crippen LogP contribution is -2.47. The number of nitrogens with zero attached hydrogens (tertiary/aromatic N) is 1. The van der Waals surface area contributed by atoms with Gasteiger partial charge in [-0.1, -0.05) is 30.3 Å². The van der Waals surface area contributed by atoms with Gasteiger partial charge in [-0.3, -0.25) is 9.59 Å². The van der Waals surface area contributed by atoms with Gasteiger partial charge in [-0.2, -0.15) is 4.31 Å². The molecule has 1 atom stereocenters. The molecular weight excluding hydrogens is 401 g/mol. The van der Waals surface area contributed by atoms with Crippen LogP contribution in [0.15, 0.2) is 59.5 Å². The minimum atomic E-state index is -3.93. The van der Waals surface area contributed by atoms with Gasteiger partial charge in [-0.25, -0.2) is 12.8 Å². The van der Waals surface area contributed by atoms with Gasteiger partial charge >= 0.3 is 11.8 Å². The number of benzene rings is 2. The van der Waals surface area contributed by atoms with Gasteiger partial charge in [0.1, 0.15) is 12.0 Å². The van der Waals surface area contributed by atoms with Crippen LogP contribution < -0.4 is 10.6 Å². The SMILES string of the molecule is O=C(NCc1ccccc1)C(=O)NCC1OCCN1S(=O)(=O)c1ccc(F)cc1. The highest BCUT2D eigenvalue weighted by molar-refractivity contribution is 7.89. The van der Waals surface area contributed by atoms with Crippen LogP contribution in [0.2, 0.25) is 0 Å². The summed E-state index contributed by atoms with van der Waals surface area (Å²) in [5.74, 6) is -2.28. The fraction of sp³-hybridized carbons (Fsp3) is 0.263. The zero-order chi connectivity index (χ0) is 20.9. The summed E-state index contributed by atoms with van der Waals surface area (Å²) >= 11 is 0. The number of sulfonamides is 1. The summed E-state index contributed by atoms with van der Waals surface area (Å²) in [6.07, 6.45) is -0.962. The predicted octanol–water partition coefficient (Wildman–Crippen LogP) is 0.605. The molecule has 29 heavy (non-hydrogen) atoms. The maximum atomic E-state index is 13.1. The van der Waals surface area contributed by atoms with Gasteiger partial charge in [-0.05, 0) is 29.8 Å². The second kappa shape index (κ2) is 9.12. The lowest BCUT2D eigenvalue weighted by atomic mass is 10.2. The summed E-state index contributed by atoms with van der Waals surface area (Å²) < 4.78 is 45.0. The highest BCUT2D eigenvalue weighted by Gasteiger charge is 2.36. The van der Waals surface area contributed by atoms with E-state index in [2.05, 4.69) is 10.6 Å². The van der Waals surface area contributed by atoms with Crippen molar-refractivity contribution < 1.29 is 27.1 Å². The Morgan fingerprint density at radius 1 is 1.03 bits per heavy atom. The fourth-order valence-corrected chi connectivity index (χ4v) is 4.31. The van der Waals surface area contributed by atoms with Crippen LogP contribution in [-0.2, 0) is 30.9 Å². The first-order chi connectivity index (χ1) is 13.9. The fourth-order valence-electron chi connectivity index (χ4n) is 2.80. The molecule has 1 aliphatic heterocycles. The Morgan fingerprint density at radius 2 is 1.69 bits per heavy atom. The van der Waals surface area contributed by atoms with Crippen molar-refractivity contribution in [1.29, 1.82) is 0 Å². The first-order valence-corrected chi connectivity index (χ1v) is 10.3. The third kappa shape index (κ3) is 5.17. The van der Waals surface area contributed by atoms with E-state index < -0.39 is 33.9 Å². The predicted molar refractivity (Wildman–Crippen MR) is 101 cm³/mol. The number of rotatable bonds is 6. The molecule has 154 valence electrons.